The average molecular weight is 324 g/mol. The van der Waals surface area contributed by atoms with Gasteiger partial charge in [0.15, 0.2) is 5.78 Å². The van der Waals surface area contributed by atoms with Crippen LogP contribution in [0.2, 0.25) is 0 Å². The molecule has 3 rings (SSSR count). The minimum atomic E-state index is -0.213. The molecule has 24 heavy (non-hydrogen) atoms. The Morgan fingerprint density at radius 2 is 1.58 bits per heavy atom. The molecule has 0 N–H and O–H groups in total. The van der Waals surface area contributed by atoms with E-state index in [2.05, 4.69) is 9.80 Å². The van der Waals surface area contributed by atoms with E-state index in [4.69, 9.17) is 0 Å². The molecule has 124 valence electrons. The third-order valence-corrected chi connectivity index (χ3v) is 4.28. The molecule has 4 heteroatoms. The molecule has 0 aliphatic carbocycles. The highest BCUT2D eigenvalue weighted by Gasteiger charge is 2.15. The lowest BCUT2D eigenvalue weighted by atomic mass is 10.1. The van der Waals surface area contributed by atoms with Crippen LogP contribution in [0.5, 0.6) is 0 Å². The number of carbonyl (C=O) groups excluding carboxylic acids is 1. The smallest absolute Gasteiger partial charge is 0.187 e. The molecular weight excluding hydrogens is 303 g/mol. The van der Waals surface area contributed by atoms with Gasteiger partial charge >= 0.3 is 0 Å². The fraction of sp³-hybridized carbons (Fsp3) is 0.250. The van der Waals surface area contributed by atoms with Crippen LogP contribution in [0.15, 0.2) is 60.8 Å². The Labute approximate surface area is 142 Å². The Morgan fingerprint density at radius 1 is 0.958 bits per heavy atom. The monoisotopic (exact) mass is 324 g/mol. The van der Waals surface area contributed by atoms with E-state index in [0.29, 0.717) is 5.56 Å². The van der Waals surface area contributed by atoms with Crippen LogP contribution in [0, 0.1) is 12.7 Å². The predicted molar refractivity (Wildman–Crippen MR) is 94.8 cm³/mol. The number of nitrogens with zero attached hydrogens (tertiary/aromatic N) is 2. The number of hydrogen-bond acceptors (Lipinski definition) is 3. The van der Waals surface area contributed by atoms with Crippen molar-refractivity contribution in [1.29, 1.82) is 0 Å². The summed E-state index contributed by atoms with van der Waals surface area (Å²) in [6.45, 7) is 5.40. The van der Waals surface area contributed by atoms with Gasteiger partial charge in [-0.05, 0) is 31.2 Å². The lowest BCUT2D eigenvalue weighted by Crippen LogP contribution is -2.44. The Bertz CT molecular complexity index is 714. The van der Waals surface area contributed by atoms with Gasteiger partial charge in [0.2, 0.25) is 0 Å². The molecule has 1 saturated heterocycles. The zero-order valence-corrected chi connectivity index (χ0v) is 13.8. The second kappa shape index (κ2) is 7.30. The second-order valence-electron chi connectivity index (χ2n) is 6.05. The zero-order valence-electron chi connectivity index (χ0n) is 13.8. The van der Waals surface area contributed by atoms with Crippen LogP contribution in [-0.2, 0) is 0 Å². The topological polar surface area (TPSA) is 23.6 Å². The standard InChI is InChI=1S/C20H21FN2O/c1-16-2-4-17(5-3-16)20(24)10-11-22-12-14-23(15-13-22)19-8-6-18(21)7-9-19/h2-11H,12-15H2,1H3/b11-10+. The third-order valence-electron chi connectivity index (χ3n) is 4.28. The molecule has 1 heterocycles. The van der Waals surface area contributed by atoms with E-state index in [1.165, 1.54) is 12.1 Å². The fourth-order valence-corrected chi connectivity index (χ4v) is 2.77. The summed E-state index contributed by atoms with van der Waals surface area (Å²) in [5.74, 6) is -0.189. The maximum absolute atomic E-state index is 13.0. The van der Waals surface area contributed by atoms with E-state index in [1.54, 1.807) is 6.08 Å². The van der Waals surface area contributed by atoms with Crippen LogP contribution in [-0.4, -0.2) is 36.9 Å². The number of hydrogen-bond donors (Lipinski definition) is 0. The van der Waals surface area contributed by atoms with Gasteiger partial charge in [-0.3, -0.25) is 4.79 Å². The number of allylic oxidation sites excluding steroid dienone is 1. The fourth-order valence-electron chi connectivity index (χ4n) is 2.77. The molecule has 1 aliphatic heterocycles. The van der Waals surface area contributed by atoms with Crippen molar-refractivity contribution in [1.82, 2.24) is 4.90 Å². The molecule has 0 saturated carbocycles. The zero-order chi connectivity index (χ0) is 16.9. The van der Waals surface area contributed by atoms with E-state index >= 15 is 0 Å². The molecule has 0 spiro atoms. The summed E-state index contributed by atoms with van der Waals surface area (Å²) in [6, 6.07) is 14.2. The van der Waals surface area contributed by atoms with E-state index in [0.717, 1.165) is 37.4 Å². The first-order valence-electron chi connectivity index (χ1n) is 8.15. The summed E-state index contributed by atoms with van der Waals surface area (Å²) in [7, 11) is 0. The molecule has 0 atom stereocenters. The molecule has 0 bridgehead atoms. The summed E-state index contributed by atoms with van der Waals surface area (Å²) < 4.78 is 13.0. The van der Waals surface area contributed by atoms with Crippen molar-refractivity contribution >= 4 is 11.5 Å². The summed E-state index contributed by atoms with van der Waals surface area (Å²) in [5, 5.41) is 0. The highest BCUT2D eigenvalue weighted by atomic mass is 19.1. The Kier molecular flexibility index (Phi) is 4.94. The number of ketones is 1. The normalized spacial score (nSPS) is 15.1. The molecule has 2 aromatic carbocycles. The first-order chi connectivity index (χ1) is 11.6. The second-order valence-corrected chi connectivity index (χ2v) is 6.05. The van der Waals surface area contributed by atoms with E-state index in [1.807, 2.05) is 49.5 Å². The van der Waals surface area contributed by atoms with Crippen molar-refractivity contribution in [3.05, 3.63) is 77.8 Å². The minimum Gasteiger partial charge on any atom is -0.374 e. The maximum Gasteiger partial charge on any atom is 0.187 e. The lowest BCUT2D eigenvalue weighted by molar-refractivity contribution is 0.104. The lowest BCUT2D eigenvalue weighted by Gasteiger charge is -2.35. The van der Waals surface area contributed by atoms with Gasteiger partial charge in [-0.2, -0.15) is 0 Å². The van der Waals surface area contributed by atoms with Crippen molar-refractivity contribution in [3.63, 3.8) is 0 Å². The number of piperazine rings is 1. The van der Waals surface area contributed by atoms with Crippen LogP contribution in [0.3, 0.4) is 0 Å². The van der Waals surface area contributed by atoms with E-state index in [9.17, 15) is 9.18 Å². The summed E-state index contributed by atoms with van der Waals surface area (Å²) in [5.41, 5.74) is 2.89. The van der Waals surface area contributed by atoms with Crippen molar-refractivity contribution in [2.45, 2.75) is 6.92 Å². The highest BCUT2D eigenvalue weighted by Crippen LogP contribution is 2.17. The maximum atomic E-state index is 13.0. The van der Waals surface area contributed by atoms with Crippen LogP contribution in [0.4, 0.5) is 10.1 Å². The molecule has 0 amide bonds. The van der Waals surface area contributed by atoms with Crippen molar-refractivity contribution in [3.8, 4) is 0 Å². The average Bonchev–Trinajstić information content (AvgIpc) is 2.61. The molecule has 0 unspecified atom stereocenters. The van der Waals surface area contributed by atoms with Crippen LogP contribution in [0.25, 0.3) is 0 Å². The number of benzene rings is 2. The number of carbonyl (C=O) groups is 1. The predicted octanol–water partition coefficient (Wildman–Crippen LogP) is 3.65. The summed E-state index contributed by atoms with van der Waals surface area (Å²) in [6.07, 6.45) is 3.52. The van der Waals surface area contributed by atoms with Crippen molar-refractivity contribution < 1.29 is 9.18 Å². The van der Waals surface area contributed by atoms with Gasteiger partial charge in [0.05, 0.1) is 0 Å². The van der Waals surface area contributed by atoms with Gasteiger partial charge in [0, 0.05) is 49.7 Å². The molecular formula is C20H21FN2O. The number of rotatable bonds is 4. The first kappa shape index (κ1) is 16.2. The van der Waals surface area contributed by atoms with Gasteiger partial charge in [-0.1, -0.05) is 29.8 Å². The largest absolute Gasteiger partial charge is 0.374 e. The van der Waals surface area contributed by atoms with E-state index < -0.39 is 0 Å². The number of halogens is 1. The Hall–Kier alpha value is -2.62. The number of anilines is 1. The first-order valence-corrected chi connectivity index (χ1v) is 8.15. The molecule has 2 aromatic rings. The van der Waals surface area contributed by atoms with Crippen molar-refractivity contribution in [2.24, 2.45) is 0 Å². The summed E-state index contributed by atoms with van der Waals surface area (Å²) in [4.78, 5) is 16.5. The minimum absolute atomic E-state index is 0.0240. The van der Waals surface area contributed by atoms with Gasteiger partial charge in [-0.25, -0.2) is 4.39 Å². The SMILES string of the molecule is Cc1ccc(C(=O)/C=C/N2CCN(c3ccc(F)cc3)CC2)cc1. The molecule has 0 radical (unpaired) electrons. The molecule has 0 aromatic heterocycles. The van der Waals surface area contributed by atoms with Gasteiger partial charge < -0.3 is 9.80 Å². The Morgan fingerprint density at radius 3 is 2.21 bits per heavy atom. The molecule has 1 fully saturated rings. The van der Waals surface area contributed by atoms with Crippen LogP contribution in [0.1, 0.15) is 15.9 Å². The van der Waals surface area contributed by atoms with Crippen LogP contribution < -0.4 is 4.90 Å². The molecule has 1 aliphatic rings. The van der Waals surface area contributed by atoms with Crippen LogP contribution >= 0.6 is 0 Å². The Balaban J connectivity index is 1.54. The molecule has 3 nitrogen and oxygen atoms in total. The highest BCUT2D eigenvalue weighted by molar-refractivity contribution is 6.04. The van der Waals surface area contributed by atoms with E-state index in [-0.39, 0.29) is 11.6 Å². The van der Waals surface area contributed by atoms with Gasteiger partial charge in [0.25, 0.3) is 0 Å². The van der Waals surface area contributed by atoms with Crippen molar-refractivity contribution in [2.75, 3.05) is 31.1 Å². The summed E-state index contributed by atoms with van der Waals surface area (Å²) >= 11 is 0. The third kappa shape index (κ3) is 4.02. The number of aryl methyl sites for hydroxylation is 1. The van der Waals surface area contributed by atoms with Gasteiger partial charge in [0.1, 0.15) is 5.82 Å². The van der Waals surface area contributed by atoms with Gasteiger partial charge in [-0.15, -0.1) is 0 Å². The quantitative estimate of drug-likeness (QED) is 0.633.